The Labute approximate surface area is 160 Å². The van der Waals surface area contributed by atoms with Gasteiger partial charge in [0.15, 0.2) is 0 Å². The molecule has 1 aromatic rings. The van der Waals surface area contributed by atoms with E-state index in [1.807, 2.05) is 0 Å². The highest BCUT2D eigenvalue weighted by Gasteiger charge is 2.34. The maximum atomic E-state index is 12.6. The lowest BCUT2D eigenvalue weighted by molar-refractivity contribution is -0.120. The molecule has 2 fully saturated rings. The smallest absolute Gasteiger partial charge is 0.272 e. The Morgan fingerprint density at radius 2 is 2.04 bits per heavy atom. The summed E-state index contributed by atoms with van der Waals surface area (Å²) in [6.45, 7) is 5.08. The molecule has 0 aliphatic carbocycles. The first kappa shape index (κ1) is 19.7. The fourth-order valence-corrected chi connectivity index (χ4v) is 4.06. The van der Waals surface area contributed by atoms with Crippen LogP contribution in [0.4, 0.5) is 0 Å². The second-order valence-corrected chi connectivity index (χ2v) is 7.72. The lowest BCUT2D eigenvalue weighted by Gasteiger charge is -2.38. The lowest BCUT2D eigenvalue weighted by atomic mass is 9.93. The van der Waals surface area contributed by atoms with Gasteiger partial charge in [0.2, 0.25) is 5.91 Å². The number of hydrogen-bond acceptors (Lipinski definition) is 6. The molecule has 1 aromatic heterocycles. The van der Waals surface area contributed by atoms with Gasteiger partial charge in [0.05, 0.1) is 5.60 Å². The van der Waals surface area contributed by atoms with Crippen LogP contribution in [-0.4, -0.2) is 81.1 Å². The quantitative estimate of drug-likeness (QED) is 0.792. The predicted molar refractivity (Wildman–Crippen MR) is 100 cm³/mol. The van der Waals surface area contributed by atoms with E-state index in [0.717, 1.165) is 32.4 Å². The van der Waals surface area contributed by atoms with E-state index in [9.17, 15) is 14.7 Å². The van der Waals surface area contributed by atoms with E-state index >= 15 is 0 Å². The molecule has 0 unspecified atom stereocenters. The molecule has 2 saturated heterocycles. The molecule has 148 valence electrons. The van der Waals surface area contributed by atoms with Gasteiger partial charge in [0.25, 0.3) is 5.91 Å². The van der Waals surface area contributed by atoms with Crippen LogP contribution in [0.2, 0.25) is 0 Å². The molecule has 2 aliphatic rings. The van der Waals surface area contributed by atoms with Gasteiger partial charge in [-0.3, -0.25) is 9.59 Å². The summed E-state index contributed by atoms with van der Waals surface area (Å²) in [6, 6.07) is 1.86. The maximum absolute atomic E-state index is 12.6. The van der Waals surface area contributed by atoms with Crippen LogP contribution >= 0.6 is 0 Å². The van der Waals surface area contributed by atoms with Crippen LogP contribution in [0.1, 0.15) is 49.5 Å². The zero-order valence-electron chi connectivity index (χ0n) is 15.9. The topological polar surface area (TPSA) is 98.7 Å². The Hall–Kier alpha value is -2.06. The summed E-state index contributed by atoms with van der Waals surface area (Å²) in [7, 11) is 0. The summed E-state index contributed by atoms with van der Waals surface area (Å²) in [5.41, 5.74) is -0.378. The lowest BCUT2D eigenvalue weighted by Crippen LogP contribution is -2.50. The highest BCUT2D eigenvalue weighted by Crippen LogP contribution is 2.25. The zero-order valence-corrected chi connectivity index (χ0v) is 15.9. The number of aromatic nitrogens is 2. The molecule has 2 amide bonds. The van der Waals surface area contributed by atoms with Crippen LogP contribution in [0, 0.1) is 0 Å². The maximum Gasteiger partial charge on any atom is 0.272 e. The minimum absolute atomic E-state index is 0.0179. The fourth-order valence-electron chi connectivity index (χ4n) is 4.06. The first-order valence-corrected chi connectivity index (χ1v) is 9.72. The van der Waals surface area contributed by atoms with Crippen LogP contribution in [-0.2, 0) is 4.79 Å². The second-order valence-electron chi connectivity index (χ2n) is 7.72. The van der Waals surface area contributed by atoms with Crippen molar-refractivity contribution in [3.8, 4) is 0 Å². The van der Waals surface area contributed by atoms with Crippen molar-refractivity contribution in [1.29, 1.82) is 0 Å². The van der Waals surface area contributed by atoms with Gasteiger partial charge in [0, 0.05) is 51.9 Å². The van der Waals surface area contributed by atoms with Crippen LogP contribution in [0.25, 0.3) is 0 Å². The number of aliphatic hydroxyl groups is 1. The number of nitrogens with one attached hydrogen (secondary N) is 1. The van der Waals surface area contributed by atoms with Crippen molar-refractivity contribution in [2.75, 3.05) is 32.7 Å². The molecule has 0 saturated carbocycles. The van der Waals surface area contributed by atoms with E-state index in [4.69, 9.17) is 0 Å². The Balaban J connectivity index is 1.51. The summed E-state index contributed by atoms with van der Waals surface area (Å²) in [6.07, 6.45) is 6.80. The normalized spacial score (nSPS) is 25.0. The number of carbonyl (C=O) groups is 2. The van der Waals surface area contributed by atoms with E-state index in [2.05, 4.69) is 20.2 Å². The van der Waals surface area contributed by atoms with E-state index in [0.29, 0.717) is 38.2 Å². The van der Waals surface area contributed by atoms with Crippen molar-refractivity contribution in [2.24, 2.45) is 0 Å². The van der Waals surface area contributed by atoms with Crippen LogP contribution in [0.5, 0.6) is 0 Å². The van der Waals surface area contributed by atoms with Crippen molar-refractivity contribution < 1.29 is 14.7 Å². The molecule has 0 bridgehead atoms. The Morgan fingerprint density at radius 1 is 1.26 bits per heavy atom. The van der Waals surface area contributed by atoms with E-state index in [1.165, 1.54) is 6.33 Å². The Kier molecular flexibility index (Phi) is 6.38. The van der Waals surface area contributed by atoms with Gasteiger partial charge in [-0.1, -0.05) is 0 Å². The summed E-state index contributed by atoms with van der Waals surface area (Å²) in [5, 5.41) is 14.1. The number of β-amino-alcohol motifs (C(OH)–C–C–N with tert-alkyl or cyclic N) is 1. The van der Waals surface area contributed by atoms with Gasteiger partial charge in [-0.25, -0.2) is 9.97 Å². The van der Waals surface area contributed by atoms with E-state index in [-0.39, 0.29) is 17.9 Å². The van der Waals surface area contributed by atoms with Gasteiger partial charge < -0.3 is 20.2 Å². The molecule has 8 heteroatoms. The molecule has 2 N–H and O–H groups in total. The first-order valence-electron chi connectivity index (χ1n) is 9.72. The van der Waals surface area contributed by atoms with E-state index < -0.39 is 5.60 Å². The fraction of sp³-hybridized carbons (Fsp3) is 0.684. The van der Waals surface area contributed by atoms with Crippen LogP contribution in [0.15, 0.2) is 18.6 Å². The highest BCUT2D eigenvalue weighted by atomic mass is 16.3. The molecule has 0 aromatic carbocycles. The van der Waals surface area contributed by atoms with Gasteiger partial charge in [-0.2, -0.15) is 0 Å². The molecule has 27 heavy (non-hydrogen) atoms. The van der Waals surface area contributed by atoms with Gasteiger partial charge in [0.1, 0.15) is 12.0 Å². The van der Waals surface area contributed by atoms with Crippen LogP contribution < -0.4 is 5.32 Å². The minimum atomic E-state index is -0.776. The van der Waals surface area contributed by atoms with Gasteiger partial charge in [-0.15, -0.1) is 0 Å². The molecule has 3 rings (SSSR count). The average Bonchev–Trinajstić information content (AvgIpc) is 2.85. The summed E-state index contributed by atoms with van der Waals surface area (Å²) >= 11 is 0. The summed E-state index contributed by atoms with van der Waals surface area (Å²) < 4.78 is 0. The third kappa shape index (κ3) is 5.46. The molecule has 1 atom stereocenters. The van der Waals surface area contributed by atoms with Crippen LogP contribution in [0.3, 0.4) is 0 Å². The molecule has 3 heterocycles. The molecular weight excluding hydrogens is 346 g/mol. The van der Waals surface area contributed by atoms with Crippen molar-refractivity contribution in [2.45, 2.75) is 50.7 Å². The number of likely N-dealkylation sites (tertiary alicyclic amines) is 2. The minimum Gasteiger partial charge on any atom is -0.388 e. The number of piperidine rings is 1. The Morgan fingerprint density at radius 3 is 2.70 bits per heavy atom. The van der Waals surface area contributed by atoms with Gasteiger partial charge in [-0.05, 0) is 38.2 Å². The number of amides is 2. The number of rotatable bonds is 4. The summed E-state index contributed by atoms with van der Waals surface area (Å²) in [4.78, 5) is 35.7. The molecule has 2 aliphatic heterocycles. The predicted octanol–water partition coefficient (Wildman–Crippen LogP) is 0.434. The monoisotopic (exact) mass is 375 g/mol. The average molecular weight is 375 g/mol. The molecule has 0 radical (unpaired) electrons. The standard InChI is InChI=1S/C19H29N5O3/c1-15(25)22-16-4-10-23(11-5-16)13-19(27)6-2-9-24(12-7-19)18(26)17-3-8-20-14-21-17/h3,8,14,16,27H,2,4-7,9-13H2,1H3,(H,22,25)/t19-/m1/s1. The SMILES string of the molecule is CC(=O)NC1CCN(C[C@@]2(O)CCCN(C(=O)c3ccncn3)CC2)CC1. The number of carbonyl (C=O) groups excluding carboxylic acids is 2. The zero-order chi connectivity index (χ0) is 19.3. The summed E-state index contributed by atoms with van der Waals surface area (Å²) in [5.74, 6) is -0.0814. The number of nitrogens with zero attached hydrogens (tertiary/aromatic N) is 4. The molecule has 8 nitrogen and oxygen atoms in total. The van der Waals surface area contributed by atoms with E-state index in [1.54, 1.807) is 24.1 Å². The van der Waals surface area contributed by atoms with Crippen molar-refractivity contribution in [3.63, 3.8) is 0 Å². The van der Waals surface area contributed by atoms with Gasteiger partial charge >= 0.3 is 0 Å². The molecule has 0 spiro atoms. The first-order chi connectivity index (χ1) is 13.0. The van der Waals surface area contributed by atoms with Crippen molar-refractivity contribution >= 4 is 11.8 Å². The third-order valence-electron chi connectivity index (χ3n) is 5.52. The molecular formula is C19H29N5O3. The third-order valence-corrected chi connectivity index (χ3v) is 5.52. The highest BCUT2D eigenvalue weighted by molar-refractivity contribution is 5.92. The second kappa shape index (κ2) is 8.75. The Bertz CT molecular complexity index is 648. The van der Waals surface area contributed by atoms with Crippen molar-refractivity contribution in [3.05, 3.63) is 24.3 Å². The van der Waals surface area contributed by atoms with Crippen molar-refractivity contribution in [1.82, 2.24) is 25.1 Å². The number of hydrogen-bond donors (Lipinski definition) is 2. The largest absolute Gasteiger partial charge is 0.388 e.